The van der Waals surface area contributed by atoms with Crippen molar-refractivity contribution < 1.29 is 14.3 Å². The van der Waals surface area contributed by atoms with Crippen molar-refractivity contribution in [2.45, 2.75) is 25.9 Å². The summed E-state index contributed by atoms with van der Waals surface area (Å²) in [5, 5.41) is 6.89. The summed E-state index contributed by atoms with van der Waals surface area (Å²) in [5.41, 5.74) is 1.62. The zero-order valence-corrected chi connectivity index (χ0v) is 15.4. The van der Waals surface area contributed by atoms with E-state index >= 15 is 0 Å². The molecule has 0 heterocycles. The van der Waals surface area contributed by atoms with E-state index in [2.05, 4.69) is 10.6 Å². The van der Waals surface area contributed by atoms with Gasteiger partial charge in [0, 0.05) is 30.1 Å². The van der Waals surface area contributed by atoms with Gasteiger partial charge in [0.1, 0.15) is 11.5 Å². The van der Waals surface area contributed by atoms with Crippen molar-refractivity contribution in [2.75, 3.05) is 19.5 Å². The molecule has 0 aliphatic carbocycles. The van der Waals surface area contributed by atoms with Crippen molar-refractivity contribution in [3.63, 3.8) is 0 Å². The molecule has 2 N–H and O–H groups in total. The van der Waals surface area contributed by atoms with Gasteiger partial charge in [-0.15, -0.1) is 0 Å². The molecule has 0 radical (unpaired) electrons. The first-order chi connectivity index (χ1) is 12.0. The Morgan fingerprint density at radius 2 is 1.92 bits per heavy atom. The molecule has 2 aromatic carbocycles. The van der Waals surface area contributed by atoms with Crippen LogP contribution in [0, 0.1) is 0 Å². The minimum atomic E-state index is -0.0948. The molecule has 0 saturated carbocycles. The second-order valence-electron chi connectivity index (χ2n) is 5.69. The topological polar surface area (TPSA) is 59.6 Å². The molecule has 2 rings (SSSR count). The van der Waals surface area contributed by atoms with Crippen LogP contribution < -0.4 is 20.1 Å². The molecule has 5 nitrogen and oxygen atoms in total. The smallest absolute Gasteiger partial charge is 0.226 e. The number of anilines is 1. The zero-order valence-electron chi connectivity index (χ0n) is 14.6. The first kappa shape index (κ1) is 19.1. The molecule has 0 aliphatic heterocycles. The van der Waals surface area contributed by atoms with Gasteiger partial charge in [-0.1, -0.05) is 29.8 Å². The van der Waals surface area contributed by atoms with Crippen molar-refractivity contribution in [3.8, 4) is 11.5 Å². The summed E-state index contributed by atoms with van der Waals surface area (Å²) in [6.07, 6.45) is 0.333. The molecule has 1 unspecified atom stereocenters. The lowest BCUT2D eigenvalue weighted by atomic mass is 10.1. The molecule has 0 aromatic heterocycles. The number of methoxy groups -OCH3 is 2. The normalized spacial score (nSPS) is 11.7. The summed E-state index contributed by atoms with van der Waals surface area (Å²) < 4.78 is 10.4. The lowest BCUT2D eigenvalue weighted by Gasteiger charge is -2.16. The van der Waals surface area contributed by atoms with Crippen molar-refractivity contribution in [1.82, 2.24) is 5.32 Å². The van der Waals surface area contributed by atoms with Crippen molar-refractivity contribution in [3.05, 3.63) is 53.1 Å². The van der Waals surface area contributed by atoms with Crippen molar-refractivity contribution in [2.24, 2.45) is 0 Å². The van der Waals surface area contributed by atoms with E-state index in [1.807, 2.05) is 31.2 Å². The summed E-state index contributed by atoms with van der Waals surface area (Å²) in [6.45, 7) is 2.57. The molecule has 1 amide bonds. The highest BCUT2D eigenvalue weighted by atomic mass is 35.5. The van der Waals surface area contributed by atoms with Gasteiger partial charge in [0.15, 0.2) is 0 Å². The minimum absolute atomic E-state index is 0.000478. The van der Waals surface area contributed by atoms with Crippen LogP contribution >= 0.6 is 11.6 Å². The second-order valence-corrected chi connectivity index (χ2v) is 6.10. The summed E-state index contributed by atoms with van der Waals surface area (Å²) in [5.74, 6) is 1.14. The van der Waals surface area contributed by atoms with E-state index in [1.54, 1.807) is 32.4 Å². The van der Waals surface area contributed by atoms with Gasteiger partial charge in [0.2, 0.25) is 5.91 Å². The van der Waals surface area contributed by atoms with Crippen LogP contribution in [0.25, 0.3) is 0 Å². The monoisotopic (exact) mass is 362 g/mol. The molecule has 0 aliphatic rings. The molecule has 6 heteroatoms. The molecular weight excluding hydrogens is 340 g/mol. The van der Waals surface area contributed by atoms with Crippen LogP contribution in [0.15, 0.2) is 42.5 Å². The standard InChI is InChI=1S/C19H23ClN2O3/c1-13(21-12-14-6-4-5-7-16(14)20)10-19(23)22-17-9-8-15(24-2)11-18(17)25-3/h4-9,11,13,21H,10,12H2,1-3H3,(H,22,23). The van der Waals surface area contributed by atoms with Crippen LogP contribution in [0.1, 0.15) is 18.9 Å². The molecule has 0 fully saturated rings. The fourth-order valence-electron chi connectivity index (χ4n) is 2.38. The molecule has 2 aromatic rings. The summed E-state index contributed by atoms with van der Waals surface area (Å²) in [4.78, 5) is 12.3. The molecule has 25 heavy (non-hydrogen) atoms. The van der Waals surface area contributed by atoms with Gasteiger partial charge >= 0.3 is 0 Å². The van der Waals surface area contributed by atoms with Crippen LogP contribution in [0.4, 0.5) is 5.69 Å². The van der Waals surface area contributed by atoms with E-state index < -0.39 is 0 Å². The lowest BCUT2D eigenvalue weighted by molar-refractivity contribution is -0.116. The van der Waals surface area contributed by atoms with E-state index in [-0.39, 0.29) is 11.9 Å². The Balaban J connectivity index is 1.88. The van der Waals surface area contributed by atoms with E-state index in [9.17, 15) is 4.79 Å². The highest BCUT2D eigenvalue weighted by Crippen LogP contribution is 2.29. The molecular formula is C19H23ClN2O3. The predicted molar refractivity (Wildman–Crippen MR) is 101 cm³/mol. The molecule has 0 saturated heterocycles. The van der Waals surface area contributed by atoms with Crippen molar-refractivity contribution in [1.29, 1.82) is 0 Å². The Bertz CT molecular complexity index is 722. The number of hydrogen-bond donors (Lipinski definition) is 2. The number of amides is 1. The van der Waals surface area contributed by atoms with Gasteiger partial charge in [-0.05, 0) is 30.7 Å². The number of hydrogen-bond acceptors (Lipinski definition) is 4. The van der Waals surface area contributed by atoms with Crippen LogP contribution in [0.3, 0.4) is 0 Å². The average molecular weight is 363 g/mol. The Kier molecular flexibility index (Phi) is 7.10. The first-order valence-electron chi connectivity index (χ1n) is 8.02. The van der Waals surface area contributed by atoms with Crippen LogP contribution in [-0.2, 0) is 11.3 Å². The third-order valence-corrected chi connectivity index (χ3v) is 4.14. The van der Waals surface area contributed by atoms with E-state index in [1.165, 1.54) is 0 Å². The number of nitrogens with one attached hydrogen (secondary N) is 2. The van der Waals surface area contributed by atoms with E-state index in [4.69, 9.17) is 21.1 Å². The fraction of sp³-hybridized carbons (Fsp3) is 0.316. The summed E-state index contributed by atoms with van der Waals surface area (Å²) >= 11 is 6.14. The van der Waals surface area contributed by atoms with Gasteiger partial charge in [-0.25, -0.2) is 0 Å². The van der Waals surface area contributed by atoms with Gasteiger partial charge in [-0.2, -0.15) is 0 Å². The third kappa shape index (κ3) is 5.66. The maximum atomic E-state index is 12.3. The minimum Gasteiger partial charge on any atom is -0.497 e. The van der Waals surface area contributed by atoms with Crippen LogP contribution in [0.2, 0.25) is 5.02 Å². The Labute approximate surface area is 153 Å². The summed E-state index contributed by atoms with van der Waals surface area (Å²) in [7, 11) is 3.14. The van der Waals surface area contributed by atoms with Crippen LogP contribution in [0.5, 0.6) is 11.5 Å². The largest absolute Gasteiger partial charge is 0.497 e. The summed E-state index contributed by atoms with van der Waals surface area (Å²) in [6, 6.07) is 12.9. The first-order valence-corrected chi connectivity index (χ1v) is 8.40. The van der Waals surface area contributed by atoms with Gasteiger partial charge < -0.3 is 20.1 Å². The Morgan fingerprint density at radius 3 is 2.60 bits per heavy atom. The Hall–Kier alpha value is -2.24. The highest BCUT2D eigenvalue weighted by Gasteiger charge is 2.12. The lowest BCUT2D eigenvalue weighted by Crippen LogP contribution is -2.30. The number of carbonyl (C=O) groups excluding carboxylic acids is 1. The third-order valence-electron chi connectivity index (χ3n) is 3.77. The zero-order chi connectivity index (χ0) is 18.2. The maximum absolute atomic E-state index is 12.3. The van der Waals surface area contributed by atoms with Crippen molar-refractivity contribution >= 4 is 23.2 Å². The average Bonchev–Trinajstić information content (AvgIpc) is 2.61. The second kappa shape index (κ2) is 9.30. The number of ether oxygens (including phenoxy) is 2. The number of carbonyl (C=O) groups is 1. The number of benzene rings is 2. The van der Waals surface area contributed by atoms with E-state index in [0.717, 1.165) is 10.6 Å². The van der Waals surface area contributed by atoms with Crippen LogP contribution in [-0.4, -0.2) is 26.2 Å². The predicted octanol–water partition coefficient (Wildman–Crippen LogP) is 3.86. The van der Waals surface area contributed by atoms with Gasteiger partial charge in [-0.3, -0.25) is 4.79 Å². The molecule has 0 spiro atoms. The Morgan fingerprint density at radius 1 is 1.16 bits per heavy atom. The highest BCUT2D eigenvalue weighted by molar-refractivity contribution is 6.31. The van der Waals surface area contributed by atoms with Gasteiger partial charge in [0.25, 0.3) is 0 Å². The molecule has 0 bridgehead atoms. The SMILES string of the molecule is COc1ccc(NC(=O)CC(C)NCc2ccccc2Cl)c(OC)c1. The van der Waals surface area contributed by atoms with Gasteiger partial charge in [0.05, 0.1) is 19.9 Å². The number of halogens is 1. The number of rotatable bonds is 8. The quantitative estimate of drug-likeness (QED) is 0.748. The molecule has 134 valence electrons. The maximum Gasteiger partial charge on any atom is 0.226 e. The van der Waals surface area contributed by atoms with E-state index in [0.29, 0.717) is 30.2 Å². The fourth-order valence-corrected chi connectivity index (χ4v) is 2.58. The molecule has 1 atom stereocenters.